The van der Waals surface area contributed by atoms with Gasteiger partial charge in [0.05, 0.1) is 11.6 Å². The van der Waals surface area contributed by atoms with Crippen LogP contribution in [-0.4, -0.2) is 15.0 Å². The van der Waals surface area contributed by atoms with Gasteiger partial charge in [0.1, 0.15) is 0 Å². The minimum atomic E-state index is -0.158. The van der Waals surface area contributed by atoms with Gasteiger partial charge in [-0.3, -0.25) is 0 Å². The number of hydrogen-bond acceptors (Lipinski definition) is 4. The highest BCUT2D eigenvalue weighted by atomic mass is 15.0. The molecule has 0 radical (unpaired) electrons. The Morgan fingerprint density at radius 1 is 0.431 bits per heavy atom. The predicted molar refractivity (Wildman–Crippen MR) is 207 cm³/mol. The Balaban J connectivity index is 1.12. The number of aromatic nitrogens is 3. The van der Waals surface area contributed by atoms with E-state index in [0.29, 0.717) is 23.0 Å². The highest BCUT2D eigenvalue weighted by Gasteiger charge is 2.35. The van der Waals surface area contributed by atoms with Gasteiger partial charge in [-0.05, 0) is 85.6 Å². The van der Waals surface area contributed by atoms with Crippen molar-refractivity contribution in [1.29, 1.82) is 5.26 Å². The normalized spacial score (nSPS) is 12.6. The molecule has 9 rings (SSSR count). The Morgan fingerprint density at radius 2 is 1.02 bits per heavy atom. The molecule has 8 aromatic rings. The van der Waals surface area contributed by atoms with Crippen molar-refractivity contribution >= 4 is 10.8 Å². The van der Waals surface area contributed by atoms with Crippen molar-refractivity contribution in [1.82, 2.24) is 15.0 Å². The van der Waals surface area contributed by atoms with E-state index in [9.17, 15) is 5.26 Å². The smallest absolute Gasteiger partial charge is 0.164 e. The first-order valence-electron chi connectivity index (χ1n) is 17.2. The first kappa shape index (κ1) is 30.4. The first-order valence-corrected chi connectivity index (χ1v) is 17.2. The van der Waals surface area contributed by atoms with Crippen molar-refractivity contribution in [2.45, 2.75) is 19.3 Å². The summed E-state index contributed by atoms with van der Waals surface area (Å²) in [6, 6.07) is 57.0. The minimum Gasteiger partial charge on any atom is -0.208 e. The van der Waals surface area contributed by atoms with Gasteiger partial charge in [0.2, 0.25) is 0 Å². The third-order valence-electron chi connectivity index (χ3n) is 10.2. The Labute approximate surface area is 297 Å². The lowest BCUT2D eigenvalue weighted by Gasteiger charge is -2.22. The molecule has 4 heteroatoms. The summed E-state index contributed by atoms with van der Waals surface area (Å²) in [4.78, 5) is 15.1. The lowest BCUT2D eigenvalue weighted by molar-refractivity contribution is 0.660. The maximum absolute atomic E-state index is 9.54. The molecule has 0 fully saturated rings. The monoisotopic (exact) mass is 652 g/mol. The van der Waals surface area contributed by atoms with E-state index in [-0.39, 0.29) is 5.41 Å². The molecule has 0 amide bonds. The fraction of sp³-hybridized carbons (Fsp3) is 0.0638. The largest absolute Gasteiger partial charge is 0.208 e. The van der Waals surface area contributed by atoms with Gasteiger partial charge in [-0.25, -0.2) is 15.0 Å². The molecule has 0 atom stereocenters. The van der Waals surface area contributed by atoms with Crippen LogP contribution in [0.5, 0.6) is 0 Å². The fourth-order valence-corrected chi connectivity index (χ4v) is 7.48. The lowest BCUT2D eigenvalue weighted by atomic mass is 9.81. The van der Waals surface area contributed by atoms with Gasteiger partial charge in [-0.1, -0.05) is 141 Å². The number of hydrogen-bond donors (Lipinski definition) is 0. The van der Waals surface area contributed by atoms with Crippen LogP contribution in [0, 0.1) is 11.3 Å². The summed E-state index contributed by atoms with van der Waals surface area (Å²) >= 11 is 0. The molecule has 0 aliphatic heterocycles. The number of fused-ring (bicyclic) bond motifs is 4. The quantitative estimate of drug-likeness (QED) is 0.186. The van der Waals surface area contributed by atoms with Gasteiger partial charge in [0, 0.05) is 22.1 Å². The third-order valence-corrected chi connectivity index (χ3v) is 10.2. The Bertz CT molecular complexity index is 2680. The van der Waals surface area contributed by atoms with E-state index in [1.165, 1.54) is 16.7 Å². The molecule has 4 nitrogen and oxygen atoms in total. The second kappa shape index (κ2) is 12.0. The molecule has 1 aromatic heterocycles. The van der Waals surface area contributed by atoms with Crippen molar-refractivity contribution < 1.29 is 0 Å². The van der Waals surface area contributed by atoms with E-state index in [1.807, 2.05) is 42.5 Å². The van der Waals surface area contributed by atoms with E-state index in [1.54, 1.807) is 0 Å². The van der Waals surface area contributed by atoms with Crippen LogP contribution in [0.15, 0.2) is 158 Å². The standard InChI is InChI=1S/C47H32N4/c1-47(2)42-24-21-30(29-48)25-41(42)39-23-22-36(28-43(39)47)34-16-8-15-33(26-34)35-17-9-18-37(27-35)45-49-44(32-12-4-3-5-13-32)50-46(51-45)40-20-10-14-31-11-6-7-19-38(31)40/h3-28H,1-2H3. The topological polar surface area (TPSA) is 62.5 Å². The van der Waals surface area contributed by atoms with Crippen LogP contribution in [-0.2, 0) is 5.41 Å². The van der Waals surface area contributed by atoms with Crippen molar-refractivity contribution in [2.24, 2.45) is 0 Å². The van der Waals surface area contributed by atoms with Crippen LogP contribution in [0.25, 0.3) is 78.3 Å². The van der Waals surface area contributed by atoms with Gasteiger partial charge in [0.15, 0.2) is 17.5 Å². The van der Waals surface area contributed by atoms with E-state index in [0.717, 1.165) is 55.3 Å². The summed E-state index contributed by atoms with van der Waals surface area (Å²) < 4.78 is 0. The zero-order valence-electron chi connectivity index (χ0n) is 28.3. The molecule has 1 aliphatic carbocycles. The molecular weight excluding hydrogens is 621 g/mol. The number of rotatable bonds is 5. The predicted octanol–water partition coefficient (Wildman–Crippen LogP) is 11.5. The molecule has 0 spiro atoms. The van der Waals surface area contributed by atoms with Crippen molar-refractivity contribution in [3.8, 4) is 73.6 Å². The van der Waals surface area contributed by atoms with Gasteiger partial charge < -0.3 is 0 Å². The molecule has 0 bridgehead atoms. The summed E-state index contributed by atoms with van der Waals surface area (Å²) in [5, 5.41) is 11.8. The zero-order chi connectivity index (χ0) is 34.5. The maximum atomic E-state index is 9.54. The van der Waals surface area contributed by atoms with E-state index in [4.69, 9.17) is 15.0 Å². The van der Waals surface area contributed by atoms with Crippen molar-refractivity contribution in [2.75, 3.05) is 0 Å². The average molecular weight is 653 g/mol. The number of benzene rings is 7. The lowest BCUT2D eigenvalue weighted by Crippen LogP contribution is -2.15. The number of nitrogens with zero attached hydrogens (tertiary/aromatic N) is 4. The molecule has 1 aliphatic rings. The minimum absolute atomic E-state index is 0.158. The molecular formula is C47H32N4. The van der Waals surface area contributed by atoms with Crippen LogP contribution in [0.3, 0.4) is 0 Å². The second-order valence-electron chi connectivity index (χ2n) is 13.6. The SMILES string of the molecule is CC1(C)c2ccc(C#N)cc2-c2ccc(-c3cccc(-c4cccc(-c5nc(-c6ccccc6)nc(-c6cccc7ccccc67)n5)c4)c3)cc21. The molecule has 240 valence electrons. The highest BCUT2D eigenvalue weighted by Crippen LogP contribution is 2.50. The highest BCUT2D eigenvalue weighted by molar-refractivity contribution is 5.95. The van der Waals surface area contributed by atoms with Crippen molar-refractivity contribution in [3.63, 3.8) is 0 Å². The summed E-state index contributed by atoms with van der Waals surface area (Å²) in [7, 11) is 0. The van der Waals surface area contributed by atoms with Crippen LogP contribution in [0.1, 0.15) is 30.5 Å². The van der Waals surface area contributed by atoms with Crippen LogP contribution < -0.4 is 0 Å². The second-order valence-corrected chi connectivity index (χ2v) is 13.6. The molecule has 0 saturated carbocycles. The molecule has 0 unspecified atom stereocenters. The molecule has 0 saturated heterocycles. The summed E-state index contributed by atoms with van der Waals surface area (Å²) in [5.74, 6) is 1.92. The van der Waals surface area contributed by atoms with Crippen LogP contribution >= 0.6 is 0 Å². The number of nitriles is 1. The Kier molecular flexibility index (Phi) is 7.15. The molecule has 1 heterocycles. The zero-order valence-corrected chi connectivity index (χ0v) is 28.3. The molecule has 0 N–H and O–H groups in total. The van der Waals surface area contributed by atoms with E-state index < -0.39 is 0 Å². The van der Waals surface area contributed by atoms with Gasteiger partial charge in [0.25, 0.3) is 0 Å². The Morgan fingerprint density at radius 3 is 1.78 bits per heavy atom. The third kappa shape index (κ3) is 5.28. The molecule has 51 heavy (non-hydrogen) atoms. The van der Waals surface area contributed by atoms with Gasteiger partial charge in [-0.2, -0.15) is 5.26 Å². The van der Waals surface area contributed by atoms with Crippen LogP contribution in [0.4, 0.5) is 0 Å². The summed E-state index contributed by atoms with van der Waals surface area (Å²) in [6.45, 7) is 4.54. The van der Waals surface area contributed by atoms with Crippen molar-refractivity contribution in [3.05, 3.63) is 174 Å². The average Bonchev–Trinajstić information content (AvgIpc) is 3.42. The molecule has 7 aromatic carbocycles. The summed E-state index contributed by atoms with van der Waals surface area (Å²) in [6.07, 6.45) is 0. The van der Waals surface area contributed by atoms with E-state index >= 15 is 0 Å². The fourth-order valence-electron chi connectivity index (χ4n) is 7.48. The Hall–Kier alpha value is -6.70. The summed E-state index contributed by atoms with van der Waals surface area (Å²) in [5.41, 5.74) is 12.8. The maximum Gasteiger partial charge on any atom is 0.164 e. The van der Waals surface area contributed by atoms with Gasteiger partial charge in [-0.15, -0.1) is 0 Å². The van der Waals surface area contributed by atoms with Gasteiger partial charge >= 0.3 is 0 Å². The van der Waals surface area contributed by atoms with Crippen LogP contribution in [0.2, 0.25) is 0 Å². The van der Waals surface area contributed by atoms with E-state index in [2.05, 4.69) is 135 Å². The first-order chi connectivity index (χ1) is 25.0.